The van der Waals surface area contributed by atoms with Crippen LogP contribution in [0.1, 0.15) is 43.5 Å². The SMILES string of the molecule is CCOc1cc(N)cc(C(=O)NC(C)C2CCC2)c1. The van der Waals surface area contributed by atoms with Gasteiger partial charge in [-0.1, -0.05) is 6.42 Å². The molecule has 0 spiro atoms. The fourth-order valence-electron chi connectivity index (χ4n) is 2.35. The average molecular weight is 262 g/mol. The predicted octanol–water partition coefficient (Wildman–Crippen LogP) is 2.59. The van der Waals surface area contributed by atoms with E-state index < -0.39 is 0 Å². The summed E-state index contributed by atoms with van der Waals surface area (Å²) >= 11 is 0. The third-order valence-electron chi connectivity index (χ3n) is 3.72. The van der Waals surface area contributed by atoms with Gasteiger partial charge in [0, 0.05) is 23.4 Å². The van der Waals surface area contributed by atoms with Crippen LogP contribution < -0.4 is 15.8 Å². The summed E-state index contributed by atoms with van der Waals surface area (Å²) in [6.07, 6.45) is 3.70. The predicted molar refractivity (Wildman–Crippen MR) is 76.3 cm³/mol. The van der Waals surface area contributed by atoms with Crippen molar-refractivity contribution in [2.75, 3.05) is 12.3 Å². The minimum absolute atomic E-state index is 0.0762. The first-order chi connectivity index (χ1) is 9.10. The van der Waals surface area contributed by atoms with Crippen molar-refractivity contribution in [1.82, 2.24) is 5.32 Å². The number of nitrogens with one attached hydrogen (secondary N) is 1. The van der Waals surface area contributed by atoms with E-state index in [1.807, 2.05) is 6.92 Å². The molecule has 0 heterocycles. The lowest BCUT2D eigenvalue weighted by Gasteiger charge is -2.31. The van der Waals surface area contributed by atoms with E-state index in [-0.39, 0.29) is 11.9 Å². The van der Waals surface area contributed by atoms with Crippen molar-refractivity contribution < 1.29 is 9.53 Å². The molecule has 1 fully saturated rings. The Morgan fingerprint density at radius 1 is 1.47 bits per heavy atom. The molecule has 1 amide bonds. The summed E-state index contributed by atoms with van der Waals surface area (Å²) in [4.78, 5) is 12.2. The number of hydrogen-bond donors (Lipinski definition) is 2. The van der Waals surface area contributed by atoms with Gasteiger partial charge in [0.25, 0.3) is 5.91 Å². The van der Waals surface area contributed by atoms with E-state index >= 15 is 0 Å². The second kappa shape index (κ2) is 5.95. The molecule has 2 rings (SSSR count). The van der Waals surface area contributed by atoms with E-state index in [4.69, 9.17) is 10.5 Å². The summed E-state index contributed by atoms with van der Waals surface area (Å²) in [6.45, 7) is 4.53. The van der Waals surface area contributed by atoms with Gasteiger partial charge in [0.2, 0.25) is 0 Å². The Hall–Kier alpha value is -1.71. The Bertz CT molecular complexity index is 455. The first kappa shape index (κ1) is 13.7. The van der Waals surface area contributed by atoms with E-state index in [0.717, 1.165) is 0 Å². The van der Waals surface area contributed by atoms with Crippen LogP contribution in [0.15, 0.2) is 18.2 Å². The van der Waals surface area contributed by atoms with Crippen molar-refractivity contribution in [2.45, 2.75) is 39.2 Å². The van der Waals surface area contributed by atoms with Crippen LogP contribution in [0.2, 0.25) is 0 Å². The lowest BCUT2D eigenvalue weighted by atomic mass is 9.80. The van der Waals surface area contributed by atoms with Crippen molar-refractivity contribution in [1.29, 1.82) is 0 Å². The molecule has 1 aliphatic carbocycles. The van der Waals surface area contributed by atoms with Crippen molar-refractivity contribution >= 4 is 11.6 Å². The van der Waals surface area contributed by atoms with E-state index in [1.165, 1.54) is 19.3 Å². The fraction of sp³-hybridized carbons (Fsp3) is 0.533. The van der Waals surface area contributed by atoms with Crippen LogP contribution in [0.5, 0.6) is 5.75 Å². The number of hydrogen-bond acceptors (Lipinski definition) is 3. The normalized spacial score (nSPS) is 16.5. The third-order valence-corrected chi connectivity index (χ3v) is 3.72. The number of nitrogen functional groups attached to an aromatic ring is 1. The van der Waals surface area contributed by atoms with Crippen molar-refractivity contribution in [2.24, 2.45) is 5.92 Å². The number of carbonyl (C=O) groups excluding carboxylic acids is 1. The molecular formula is C15H22N2O2. The molecule has 1 saturated carbocycles. The van der Waals surface area contributed by atoms with Crippen LogP contribution in [0.25, 0.3) is 0 Å². The number of ether oxygens (including phenoxy) is 1. The molecule has 0 aliphatic heterocycles. The Kier molecular flexibility index (Phi) is 4.30. The molecule has 0 bridgehead atoms. The molecule has 19 heavy (non-hydrogen) atoms. The Balaban J connectivity index is 2.04. The molecule has 1 aliphatic rings. The third kappa shape index (κ3) is 3.40. The van der Waals surface area contributed by atoms with E-state index in [1.54, 1.807) is 18.2 Å². The summed E-state index contributed by atoms with van der Waals surface area (Å²) in [5.41, 5.74) is 6.91. The molecule has 1 aromatic carbocycles. The summed E-state index contributed by atoms with van der Waals surface area (Å²) in [6, 6.07) is 5.38. The lowest BCUT2D eigenvalue weighted by molar-refractivity contribution is 0.0909. The maximum absolute atomic E-state index is 12.2. The van der Waals surface area contributed by atoms with Crippen LogP contribution in [0, 0.1) is 5.92 Å². The Morgan fingerprint density at radius 2 is 2.21 bits per heavy atom. The first-order valence-corrected chi connectivity index (χ1v) is 6.94. The number of carbonyl (C=O) groups is 1. The smallest absolute Gasteiger partial charge is 0.251 e. The summed E-state index contributed by atoms with van der Waals surface area (Å²) in [7, 11) is 0. The van der Waals surface area contributed by atoms with E-state index in [2.05, 4.69) is 12.2 Å². The molecule has 0 aromatic heterocycles. The minimum Gasteiger partial charge on any atom is -0.494 e. The Labute approximate surface area is 114 Å². The summed E-state index contributed by atoms with van der Waals surface area (Å²) < 4.78 is 5.40. The zero-order chi connectivity index (χ0) is 13.8. The molecule has 4 heteroatoms. The van der Waals surface area contributed by atoms with Crippen molar-refractivity contribution in [3.05, 3.63) is 23.8 Å². The standard InChI is InChI=1S/C15H22N2O2/c1-3-19-14-8-12(7-13(16)9-14)15(18)17-10(2)11-5-4-6-11/h7-11H,3-6,16H2,1-2H3,(H,17,18). The van der Waals surface area contributed by atoms with Gasteiger partial charge in [0.05, 0.1) is 6.61 Å². The minimum atomic E-state index is -0.0762. The number of anilines is 1. The van der Waals surface area contributed by atoms with Crippen LogP contribution in [-0.2, 0) is 0 Å². The molecule has 1 unspecified atom stereocenters. The van der Waals surface area contributed by atoms with Gasteiger partial charge in [0.1, 0.15) is 5.75 Å². The highest BCUT2D eigenvalue weighted by Crippen LogP contribution is 2.29. The van der Waals surface area contributed by atoms with Gasteiger partial charge < -0.3 is 15.8 Å². The van der Waals surface area contributed by atoms with Crippen molar-refractivity contribution in [3.8, 4) is 5.75 Å². The number of amides is 1. The topological polar surface area (TPSA) is 64.3 Å². The zero-order valence-electron chi connectivity index (χ0n) is 11.6. The number of rotatable bonds is 5. The van der Waals surface area contributed by atoms with Gasteiger partial charge in [-0.2, -0.15) is 0 Å². The van der Waals surface area contributed by atoms with Gasteiger partial charge in [-0.3, -0.25) is 4.79 Å². The van der Waals surface area contributed by atoms with Gasteiger partial charge in [-0.25, -0.2) is 0 Å². The fourth-order valence-corrected chi connectivity index (χ4v) is 2.35. The van der Waals surface area contributed by atoms with Crippen LogP contribution in [0.4, 0.5) is 5.69 Å². The van der Waals surface area contributed by atoms with Crippen LogP contribution >= 0.6 is 0 Å². The summed E-state index contributed by atoms with van der Waals surface area (Å²) in [5, 5.41) is 3.04. The number of nitrogens with two attached hydrogens (primary N) is 1. The monoisotopic (exact) mass is 262 g/mol. The first-order valence-electron chi connectivity index (χ1n) is 6.94. The quantitative estimate of drug-likeness (QED) is 0.802. The molecule has 1 aromatic rings. The van der Waals surface area contributed by atoms with Gasteiger partial charge >= 0.3 is 0 Å². The van der Waals surface area contributed by atoms with E-state index in [9.17, 15) is 4.79 Å². The lowest BCUT2D eigenvalue weighted by Crippen LogP contribution is -2.40. The average Bonchev–Trinajstić information content (AvgIpc) is 2.25. The van der Waals surface area contributed by atoms with Gasteiger partial charge in [0.15, 0.2) is 0 Å². The van der Waals surface area contributed by atoms with Crippen LogP contribution in [-0.4, -0.2) is 18.6 Å². The highest BCUT2D eigenvalue weighted by atomic mass is 16.5. The number of benzene rings is 1. The highest BCUT2D eigenvalue weighted by Gasteiger charge is 2.25. The molecule has 3 N–H and O–H groups in total. The molecular weight excluding hydrogens is 240 g/mol. The van der Waals surface area contributed by atoms with Crippen LogP contribution in [0.3, 0.4) is 0 Å². The maximum atomic E-state index is 12.2. The molecule has 0 radical (unpaired) electrons. The van der Waals surface area contributed by atoms with Gasteiger partial charge in [-0.15, -0.1) is 0 Å². The molecule has 0 saturated heterocycles. The van der Waals surface area contributed by atoms with Gasteiger partial charge in [-0.05, 0) is 44.7 Å². The van der Waals surface area contributed by atoms with Crippen molar-refractivity contribution in [3.63, 3.8) is 0 Å². The maximum Gasteiger partial charge on any atom is 0.251 e. The highest BCUT2D eigenvalue weighted by molar-refractivity contribution is 5.95. The molecule has 104 valence electrons. The largest absolute Gasteiger partial charge is 0.494 e. The zero-order valence-corrected chi connectivity index (χ0v) is 11.6. The second-order valence-electron chi connectivity index (χ2n) is 5.18. The Morgan fingerprint density at radius 3 is 2.79 bits per heavy atom. The molecule has 4 nitrogen and oxygen atoms in total. The molecule has 1 atom stereocenters. The van der Waals surface area contributed by atoms with E-state index in [0.29, 0.717) is 29.5 Å². The summed E-state index contributed by atoms with van der Waals surface area (Å²) in [5.74, 6) is 1.19. The second-order valence-corrected chi connectivity index (χ2v) is 5.18.